The number of nitrogens with one attached hydrogen (secondary N) is 1. The first-order valence-electron chi connectivity index (χ1n) is 11.6. The number of carbonyl (C=O) groups is 1. The zero-order chi connectivity index (χ0) is 24.5. The third-order valence-electron chi connectivity index (χ3n) is 5.48. The Morgan fingerprint density at radius 1 is 1.11 bits per heavy atom. The topological polar surface area (TPSA) is 100 Å². The van der Waals surface area contributed by atoms with Crippen molar-refractivity contribution >= 4 is 33.6 Å². The van der Waals surface area contributed by atoms with Crippen LogP contribution in [0, 0.1) is 18.3 Å². The Balaban J connectivity index is 1.25. The molecule has 2 heterocycles. The molecule has 1 fully saturated rings. The molecule has 2 aromatic carbocycles. The Morgan fingerprint density at radius 2 is 1.86 bits per heavy atom. The van der Waals surface area contributed by atoms with Crippen molar-refractivity contribution in [1.82, 2.24) is 10.2 Å². The normalized spacial score (nSPS) is 13.4. The smallest absolute Gasteiger partial charge is 0.268 e. The number of rotatable bonds is 10. The Morgan fingerprint density at radius 3 is 2.60 bits per heavy atom. The van der Waals surface area contributed by atoms with Crippen LogP contribution in [0.2, 0.25) is 0 Å². The molecule has 35 heavy (non-hydrogen) atoms. The molecule has 1 aliphatic heterocycles. The van der Waals surface area contributed by atoms with Crippen LogP contribution in [0.4, 0.5) is 10.3 Å². The van der Waals surface area contributed by atoms with Gasteiger partial charge in [-0.2, -0.15) is 5.26 Å². The molecular formula is C26H27N5O3S. The zero-order valence-corrected chi connectivity index (χ0v) is 20.4. The average molecular weight is 490 g/mol. The van der Waals surface area contributed by atoms with E-state index < -0.39 is 5.91 Å². The minimum atomic E-state index is -0.509. The summed E-state index contributed by atoms with van der Waals surface area (Å²) in [4.78, 5) is 14.7. The molecule has 1 amide bonds. The Bertz CT molecular complexity index is 1210. The molecular weight excluding hydrogens is 462 g/mol. The fourth-order valence-electron chi connectivity index (χ4n) is 3.59. The lowest BCUT2D eigenvalue weighted by atomic mass is 10.1. The van der Waals surface area contributed by atoms with Gasteiger partial charge in [0.15, 0.2) is 0 Å². The number of hydrogen-bond donors (Lipinski definition) is 1. The first-order chi connectivity index (χ1) is 17.1. The van der Waals surface area contributed by atoms with Gasteiger partial charge in [0, 0.05) is 19.5 Å². The number of anilines is 2. The van der Waals surface area contributed by atoms with E-state index >= 15 is 0 Å². The summed E-state index contributed by atoms with van der Waals surface area (Å²) in [6.45, 7) is 5.01. The van der Waals surface area contributed by atoms with E-state index in [0.29, 0.717) is 24.1 Å². The molecule has 1 saturated heterocycles. The molecule has 8 nitrogen and oxygen atoms in total. The number of carbonyl (C=O) groups excluding carboxylic acids is 1. The van der Waals surface area contributed by atoms with Gasteiger partial charge in [-0.05, 0) is 55.2 Å². The van der Waals surface area contributed by atoms with Gasteiger partial charge in [-0.1, -0.05) is 41.7 Å². The minimum absolute atomic E-state index is 0.00931. The molecule has 0 aliphatic carbocycles. The van der Waals surface area contributed by atoms with E-state index in [0.717, 1.165) is 54.4 Å². The Kier molecular flexibility index (Phi) is 8.30. The van der Waals surface area contributed by atoms with Crippen LogP contribution in [-0.4, -0.2) is 42.4 Å². The molecule has 4 rings (SSSR count). The van der Waals surface area contributed by atoms with E-state index in [9.17, 15) is 10.1 Å². The van der Waals surface area contributed by atoms with E-state index in [1.165, 1.54) is 17.4 Å². The molecule has 0 saturated carbocycles. The first-order valence-corrected chi connectivity index (χ1v) is 12.4. The van der Waals surface area contributed by atoms with Crippen LogP contribution in [0.25, 0.3) is 6.08 Å². The standard InChI is InChI=1S/C26H27N5O3S/c1-19-7-2-3-8-23(19)34-16-6-15-33-22-11-9-20(10-12-22)17-21(18-27)24(32)28-25-29-30-26(35-25)31-13-4-5-14-31/h2-3,7-12,17H,4-6,13-16H2,1H3,(H,28,29,32)/b21-17-. The fourth-order valence-corrected chi connectivity index (χ4v) is 4.38. The SMILES string of the molecule is Cc1ccccc1OCCCOc1ccc(/C=C(/C#N)C(=O)Nc2nnc(N3CCCC3)s2)cc1. The molecule has 0 spiro atoms. The lowest BCUT2D eigenvalue weighted by Gasteiger charge is -2.10. The van der Waals surface area contributed by atoms with Gasteiger partial charge in [0.05, 0.1) is 13.2 Å². The summed E-state index contributed by atoms with van der Waals surface area (Å²) in [5, 5.41) is 21.5. The number of aromatic nitrogens is 2. The number of nitriles is 1. The highest BCUT2D eigenvalue weighted by Crippen LogP contribution is 2.27. The van der Waals surface area contributed by atoms with Crippen molar-refractivity contribution in [3.05, 3.63) is 65.2 Å². The van der Waals surface area contributed by atoms with Crippen LogP contribution in [0.5, 0.6) is 11.5 Å². The Hall–Kier alpha value is -3.90. The molecule has 180 valence electrons. The number of aryl methyl sites for hydroxylation is 1. The number of ether oxygens (including phenoxy) is 2. The van der Waals surface area contributed by atoms with Crippen molar-refractivity contribution in [2.24, 2.45) is 0 Å². The fraction of sp³-hybridized carbons (Fsp3) is 0.308. The number of hydrogen-bond acceptors (Lipinski definition) is 8. The predicted octanol–water partition coefficient (Wildman–Crippen LogP) is 4.84. The first kappa shape index (κ1) is 24.2. The third kappa shape index (κ3) is 6.80. The van der Waals surface area contributed by atoms with Crippen molar-refractivity contribution in [3.63, 3.8) is 0 Å². The molecule has 0 atom stereocenters. The second-order valence-corrected chi connectivity index (χ2v) is 9.05. The average Bonchev–Trinajstić information content (AvgIpc) is 3.56. The van der Waals surface area contributed by atoms with E-state index in [2.05, 4.69) is 20.4 Å². The molecule has 9 heteroatoms. The van der Waals surface area contributed by atoms with Gasteiger partial charge in [0.25, 0.3) is 5.91 Å². The van der Waals surface area contributed by atoms with Gasteiger partial charge < -0.3 is 14.4 Å². The number of amides is 1. The van der Waals surface area contributed by atoms with E-state index in [1.54, 1.807) is 12.1 Å². The number of benzene rings is 2. The van der Waals surface area contributed by atoms with Crippen molar-refractivity contribution in [3.8, 4) is 17.6 Å². The number of para-hydroxylation sites is 1. The van der Waals surface area contributed by atoms with Crippen LogP contribution in [0.1, 0.15) is 30.4 Å². The molecule has 3 aromatic rings. The number of nitrogens with zero attached hydrogens (tertiary/aromatic N) is 4. The molecule has 0 radical (unpaired) electrons. The summed E-state index contributed by atoms with van der Waals surface area (Å²) in [6.07, 6.45) is 4.56. The maximum absolute atomic E-state index is 12.6. The molecule has 1 N–H and O–H groups in total. The summed E-state index contributed by atoms with van der Waals surface area (Å²) in [5.41, 5.74) is 1.82. The monoisotopic (exact) mass is 489 g/mol. The maximum atomic E-state index is 12.6. The molecule has 0 bridgehead atoms. The highest BCUT2D eigenvalue weighted by atomic mass is 32.1. The van der Waals surface area contributed by atoms with Crippen LogP contribution in [0.3, 0.4) is 0 Å². The second kappa shape index (κ2) is 12.0. The van der Waals surface area contributed by atoms with Crippen LogP contribution in [-0.2, 0) is 4.79 Å². The molecule has 1 aliphatic rings. The van der Waals surface area contributed by atoms with Gasteiger partial charge in [-0.25, -0.2) is 0 Å². The summed E-state index contributed by atoms with van der Waals surface area (Å²) in [7, 11) is 0. The largest absolute Gasteiger partial charge is 0.493 e. The predicted molar refractivity (Wildman–Crippen MR) is 137 cm³/mol. The van der Waals surface area contributed by atoms with Crippen molar-refractivity contribution in [2.75, 3.05) is 36.5 Å². The quantitative estimate of drug-likeness (QED) is 0.247. The summed E-state index contributed by atoms with van der Waals surface area (Å²) < 4.78 is 11.5. The third-order valence-corrected chi connectivity index (χ3v) is 6.38. The van der Waals surface area contributed by atoms with Crippen molar-refractivity contribution in [2.45, 2.75) is 26.2 Å². The highest BCUT2D eigenvalue weighted by Gasteiger charge is 2.18. The van der Waals surface area contributed by atoms with Gasteiger partial charge in [-0.15, -0.1) is 10.2 Å². The van der Waals surface area contributed by atoms with Gasteiger partial charge in [-0.3, -0.25) is 10.1 Å². The molecule has 1 aromatic heterocycles. The van der Waals surface area contributed by atoms with E-state index in [4.69, 9.17) is 9.47 Å². The lowest BCUT2D eigenvalue weighted by Crippen LogP contribution is -2.17. The van der Waals surface area contributed by atoms with Gasteiger partial charge in [0.1, 0.15) is 23.1 Å². The maximum Gasteiger partial charge on any atom is 0.268 e. The lowest BCUT2D eigenvalue weighted by molar-refractivity contribution is -0.112. The van der Waals surface area contributed by atoms with E-state index in [1.807, 2.05) is 49.4 Å². The minimum Gasteiger partial charge on any atom is -0.493 e. The molecule has 0 unspecified atom stereocenters. The second-order valence-electron chi connectivity index (χ2n) is 8.09. The van der Waals surface area contributed by atoms with Crippen LogP contribution >= 0.6 is 11.3 Å². The zero-order valence-electron chi connectivity index (χ0n) is 19.6. The van der Waals surface area contributed by atoms with Crippen molar-refractivity contribution < 1.29 is 14.3 Å². The van der Waals surface area contributed by atoms with E-state index in [-0.39, 0.29) is 5.57 Å². The summed E-state index contributed by atoms with van der Waals surface area (Å²) in [6, 6.07) is 17.1. The van der Waals surface area contributed by atoms with Crippen LogP contribution in [0.15, 0.2) is 54.1 Å². The highest BCUT2D eigenvalue weighted by molar-refractivity contribution is 7.19. The Labute approximate surface area is 208 Å². The van der Waals surface area contributed by atoms with Gasteiger partial charge in [0.2, 0.25) is 10.3 Å². The van der Waals surface area contributed by atoms with Gasteiger partial charge >= 0.3 is 0 Å². The van der Waals surface area contributed by atoms with Crippen LogP contribution < -0.4 is 19.7 Å². The summed E-state index contributed by atoms with van der Waals surface area (Å²) in [5.74, 6) is 1.09. The van der Waals surface area contributed by atoms with Crippen molar-refractivity contribution in [1.29, 1.82) is 5.26 Å². The summed E-state index contributed by atoms with van der Waals surface area (Å²) >= 11 is 1.31.